The van der Waals surface area contributed by atoms with Crippen LogP contribution in [0.1, 0.15) is 25.8 Å². The molecule has 0 N–H and O–H groups in total. The number of rotatable bonds is 3. The van der Waals surface area contributed by atoms with E-state index in [0.717, 1.165) is 6.42 Å². The van der Waals surface area contributed by atoms with E-state index in [1.165, 1.54) is 11.1 Å². The van der Waals surface area contributed by atoms with Gasteiger partial charge in [0.1, 0.15) is 0 Å². The fourth-order valence-corrected chi connectivity index (χ4v) is 1.95. The molecule has 0 aliphatic heterocycles. The Morgan fingerprint density at radius 3 is 2.47 bits per heavy atom. The van der Waals surface area contributed by atoms with Crippen LogP contribution in [0.5, 0.6) is 0 Å². The van der Waals surface area contributed by atoms with Crippen LogP contribution in [0.25, 0.3) is 5.57 Å². The van der Waals surface area contributed by atoms with E-state index in [0.29, 0.717) is 0 Å². The van der Waals surface area contributed by atoms with Crippen LogP contribution in [-0.2, 0) is 0 Å². The van der Waals surface area contributed by atoms with Crippen molar-refractivity contribution in [3.63, 3.8) is 0 Å². The number of nitriles is 1. The average Bonchev–Trinajstić information content (AvgIpc) is 2.27. The second kappa shape index (κ2) is 5.32. The highest BCUT2D eigenvalue weighted by Crippen LogP contribution is 2.30. The van der Waals surface area contributed by atoms with Gasteiger partial charge in [0.25, 0.3) is 0 Å². The summed E-state index contributed by atoms with van der Waals surface area (Å²) < 4.78 is 2.06. The van der Waals surface area contributed by atoms with Crippen molar-refractivity contribution in [1.29, 1.82) is 5.26 Å². The Kier molecular flexibility index (Phi) is 4.34. The van der Waals surface area contributed by atoms with Gasteiger partial charge in [-0.3, -0.25) is 0 Å². The third kappa shape index (κ3) is 3.67. The molecule has 0 aliphatic rings. The molecule has 2 heteroatoms. The molecule has 0 atom stereocenters. The van der Waals surface area contributed by atoms with E-state index in [4.69, 9.17) is 5.26 Å². The van der Waals surface area contributed by atoms with Gasteiger partial charge in [-0.2, -0.15) is 5.26 Å². The molecule has 0 spiro atoms. The highest BCUT2D eigenvalue weighted by atomic mass is 127. The van der Waals surface area contributed by atoms with Crippen LogP contribution in [-0.4, -0.2) is 0 Å². The molecule has 0 unspecified atom stereocenters. The van der Waals surface area contributed by atoms with Crippen LogP contribution in [0.15, 0.2) is 34.4 Å². The van der Waals surface area contributed by atoms with Gasteiger partial charge in [0.2, 0.25) is 0 Å². The lowest BCUT2D eigenvalue weighted by Gasteiger charge is -2.17. The van der Waals surface area contributed by atoms with E-state index in [1.807, 2.05) is 32.0 Å². The van der Waals surface area contributed by atoms with E-state index >= 15 is 0 Å². The van der Waals surface area contributed by atoms with Crippen LogP contribution in [0.3, 0.4) is 0 Å². The summed E-state index contributed by atoms with van der Waals surface area (Å²) in [5.41, 5.74) is 2.13. The van der Waals surface area contributed by atoms with Crippen molar-refractivity contribution >= 4 is 28.2 Å². The van der Waals surface area contributed by atoms with Crippen LogP contribution >= 0.6 is 22.6 Å². The predicted molar refractivity (Wildman–Crippen MR) is 72.5 cm³/mol. The van der Waals surface area contributed by atoms with Crippen molar-refractivity contribution in [2.24, 2.45) is 5.41 Å². The van der Waals surface area contributed by atoms with Crippen LogP contribution in [0.4, 0.5) is 0 Å². The summed E-state index contributed by atoms with van der Waals surface area (Å²) in [6.45, 7) is 3.94. The maximum atomic E-state index is 9.01. The first kappa shape index (κ1) is 12.3. The molecule has 0 bridgehead atoms. The summed E-state index contributed by atoms with van der Waals surface area (Å²) >= 11 is 2.24. The van der Waals surface area contributed by atoms with E-state index < -0.39 is 0 Å². The Balaban J connectivity index is 2.90. The highest BCUT2D eigenvalue weighted by Gasteiger charge is 2.19. The molecule has 0 heterocycles. The topological polar surface area (TPSA) is 23.8 Å². The molecular weight excluding hydrogens is 297 g/mol. The first-order chi connectivity index (χ1) is 7.09. The fraction of sp³-hybridized carbons (Fsp3) is 0.308. The number of nitrogens with zero attached hydrogens (tertiary/aromatic N) is 1. The number of hydrogen-bond acceptors (Lipinski definition) is 1. The average molecular weight is 311 g/mol. The van der Waals surface area contributed by atoms with Gasteiger partial charge in [0, 0.05) is 0 Å². The van der Waals surface area contributed by atoms with Gasteiger partial charge >= 0.3 is 0 Å². The van der Waals surface area contributed by atoms with Crippen LogP contribution in [0, 0.1) is 16.7 Å². The number of hydrogen-bond donors (Lipinski definition) is 0. The second-order valence-corrected chi connectivity index (χ2v) is 4.80. The van der Waals surface area contributed by atoms with Gasteiger partial charge in [-0.15, -0.1) is 0 Å². The molecule has 1 aromatic rings. The standard InChI is InChI=1S/C13H14IN/c1-13(2,10-15)8-12(9-14)11-6-4-3-5-7-11/h3-7,9H,8H2,1-2H3/b12-9+. The monoisotopic (exact) mass is 311 g/mol. The van der Waals surface area contributed by atoms with Gasteiger partial charge in [0.05, 0.1) is 11.5 Å². The molecule has 0 radical (unpaired) electrons. The molecule has 0 saturated carbocycles. The zero-order chi connectivity index (χ0) is 11.3. The van der Waals surface area contributed by atoms with Gasteiger partial charge < -0.3 is 0 Å². The lowest BCUT2D eigenvalue weighted by atomic mass is 9.85. The fourth-order valence-electron chi connectivity index (χ4n) is 1.37. The van der Waals surface area contributed by atoms with Gasteiger partial charge in [0.15, 0.2) is 0 Å². The van der Waals surface area contributed by atoms with Crippen molar-refractivity contribution in [1.82, 2.24) is 0 Å². The zero-order valence-corrected chi connectivity index (χ0v) is 11.2. The first-order valence-electron chi connectivity index (χ1n) is 4.85. The summed E-state index contributed by atoms with van der Waals surface area (Å²) in [4.78, 5) is 0. The van der Waals surface area contributed by atoms with Crippen LogP contribution in [0.2, 0.25) is 0 Å². The van der Waals surface area contributed by atoms with Crippen molar-refractivity contribution in [3.8, 4) is 6.07 Å². The lowest BCUT2D eigenvalue weighted by molar-refractivity contribution is 0.513. The smallest absolute Gasteiger partial charge is 0.0687 e. The molecule has 1 rings (SSSR count). The van der Waals surface area contributed by atoms with E-state index in [9.17, 15) is 0 Å². The minimum Gasteiger partial charge on any atom is -0.198 e. The Morgan fingerprint density at radius 1 is 1.40 bits per heavy atom. The van der Waals surface area contributed by atoms with Gasteiger partial charge in [-0.05, 0) is 35.5 Å². The first-order valence-corrected chi connectivity index (χ1v) is 6.09. The molecule has 78 valence electrons. The number of halogens is 1. The zero-order valence-electron chi connectivity index (χ0n) is 9.00. The Bertz CT molecular complexity index is 385. The van der Waals surface area contributed by atoms with Crippen molar-refractivity contribution in [2.45, 2.75) is 20.3 Å². The van der Waals surface area contributed by atoms with Gasteiger partial charge in [-0.1, -0.05) is 52.9 Å². The second-order valence-electron chi connectivity index (χ2n) is 4.17. The minimum atomic E-state index is -0.299. The molecular formula is C13H14IN. The van der Waals surface area contributed by atoms with Gasteiger partial charge in [-0.25, -0.2) is 0 Å². The molecule has 1 nitrogen and oxygen atoms in total. The van der Waals surface area contributed by atoms with E-state index in [2.05, 4.69) is 44.9 Å². The van der Waals surface area contributed by atoms with E-state index in [1.54, 1.807) is 0 Å². The Hall–Kier alpha value is -0.820. The molecule has 0 amide bonds. The Labute approximate surface area is 105 Å². The summed E-state index contributed by atoms with van der Waals surface area (Å²) in [5.74, 6) is 0. The van der Waals surface area contributed by atoms with E-state index in [-0.39, 0.29) is 5.41 Å². The lowest BCUT2D eigenvalue weighted by Crippen LogP contribution is -2.08. The summed E-state index contributed by atoms with van der Waals surface area (Å²) in [5, 5.41) is 9.01. The van der Waals surface area contributed by atoms with Crippen molar-refractivity contribution in [3.05, 3.63) is 40.0 Å². The molecule has 15 heavy (non-hydrogen) atoms. The van der Waals surface area contributed by atoms with Crippen molar-refractivity contribution < 1.29 is 0 Å². The Morgan fingerprint density at radius 2 is 2.00 bits per heavy atom. The molecule has 0 fully saturated rings. The maximum absolute atomic E-state index is 9.01. The summed E-state index contributed by atoms with van der Waals surface area (Å²) in [6.07, 6.45) is 0.788. The SMILES string of the molecule is CC(C)(C#N)C/C(=C\I)c1ccccc1. The van der Waals surface area contributed by atoms with Crippen LogP contribution < -0.4 is 0 Å². The third-order valence-corrected chi connectivity index (χ3v) is 2.96. The summed E-state index contributed by atoms with van der Waals surface area (Å²) in [6, 6.07) is 12.5. The number of benzene rings is 1. The largest absolute Gasteiger partial charge is 0.198 e. The minimum absolute atomic E-state index is 0.299. The highest BCUT2D eigenvalue weighted by molar-refractivity contribution is 14.1. The number of allylic oxidation sites excluding steroid dienone is 1. The third-order valence-electron chi connectivity index (χ3n) is 2.21. The van der Waals surface area contributed by atoms with Crippen molar-refractivity contribution in [2.75, 3.05) is 0 Å². The molecule has 1 aromatic carbocycles. The maximum Gasteiger partial charge on any atom is 0.0687 e. The predicted octanol–water partition coefficient (Wildman–Crippen LogP) is 4.40. The quantitative estimate of drug-likeness (QED) is 0.759. The molecule has 0 aliphatic carbocycles. The molecule has 0 saturated heterocycles. The summed E-state index contributed by atoms with van der Waals surface area (Å²) in [7, 11) is 0. The normalized spacial score (nSPS) is 12.3. The molecule has 0 aromatic heterocycles.